The van der Waals surface area contributed by atoms with E-state index in [2.05, 4.69) is 231 Å². The molecule has 0 saturated heterocycles. The Morgan fingerprint density at radius 3 is 1.54 bits per heavy atom. The third-order valence-corrected chi connectivity index (χ3v) is 13.4. The van der Waals surface area contributed by atoms with Gasteiger partial charge in [0.2, 0.25) is 0 Å². The monoisotopic (exact) mass is 771 g/mol. The van der Waals surface area contributed by atoms with Gasteiger partial charge in [0, 0.05) is 42.6 Å². The summed E-state index contributed by atoms with van der Waals surface area (Å²) in [6.07, 6.45) is 0. The molecule has 1 heterocycles. The predicted molar refractivity (Wildman–Crippen MR) is 253 cm³/mol. The number of anilines is 3. The number of rotatable bonds is 7. The molecule has 0 N–H and O–H groups in total. The van der Waals surface area contributed by atoms with Crippen molar-refractivity contribution in [2.45, 2.75) is 19.3 Å². The molecule has 11 rings (SSSR count). The number of benzene rings is 9. The summed E-state index contributed by atoms with van der Waals surface area (Å²) in [4.78, 5) is 2.39. The normalized spacial score (nSPS) is 12.7. The maximum absolute atomic E-state index is 2.41. The Morgan fingerprint density at radius 2 is 0.831 bits per heavy atom. The predicted octanol–water partition coefficient (Wildman–Crippen LogP) is 16.5. The fraction of sp³-hybridized carbons (Fsp3) is 0.0526. The van der Waals surface area contributed by atoms with E-state index >= 15 is 0 Å². The van der Waals surface area contributed by atoms with Gasteiger partial charge >= 0.3 is 0 Å². The fourth-order valence-electron chi connectivity index (χ4n) is 9.18. The van der Waals surface area contributed by atoms with Crippen molar-refractivity contribution in [3.63, 3.8) is 0 Å². The van der Waals surface area contributed by atoms with Crippen LogP contribution in [0.2, 0.25) is 0 Å². The molecule has 0 spiro atoms. The minimum atomic E-state index is -0.0911. The molecule has 0 fully saturated rings. The van der Waals surface area contributed by atoms with E-state index in [0.29, 0.717) is 0 Å². The number of hydrogen-bond donors (Lipinski definition) is 0. The standard InChI is InChI=1S/C57H41NS/c1-57(2)53-32-27-43(35-52(53)49-30-25-44(36-54(49)57)39-15-7-4-8-16-39)42-18-12-20-48(34-42)58(47-19-11-17-41(33-47)38-13-5-3-6-14-38)46-28-23-40(24-29-46)45-26-31-51-50-21-9-10-22-55(50)59-56(51)37-45/h3-37H,1-2H3. The molecule has 9 aromatic carbocycles. The van der Waals surface area contributed by atoms with Crippen LogP contribution in [0.1, 0.15) is 25.0 Å². The second-order valence-electron chi connectivity index (χ2n) is 16.2. The van der Waals surface area contributed by atoms with Gasteiger partial charge in [-0.15, -0.1) is 11.3 Å². The maximum atomic E-state index is 2.41. The quantitative estimate of drug-likeness (QED) is 0.156. The highest BCUT2D eigenvalue weighted by atomic mass is 32.1. The van der Waals surface area contributed by atoms with Gasteiger partial charge in [0.15, 0.2) is 0 Å². The minimum absolute atomic E-state index is 0.0911. The zero-order valence-electron chi connectivity index (χ0n) is 33.1. The molecule has 1 aliphatic carbocycles. The van der Waals surface area contributed by atoms with Gasteiger partial charge < -0.3 is 4.90 Å². The second kappa shape index (κ2) is 14.1. The van der Waals surface area contributed by atoms with E-state index in [1.807, 2.05) is 11.3 Å². The van der Waals surface area contributed by atoms with Gasteiger partial charge in [-0.3, -0.25) is 0 Å². The summed E-state index contributed by atoms with van der Waals surface area (Å²) >= 11 is 1.87. The molecule has 0 radical (unpaired) electrons. The highest BCUT2D eigenvalue weighted by molar-refractivity contribution is 7.25. The van der Waals surface area contributed by atoms with Crippen LogP contribution < -0.4 is 4.90 Å². The van der Waals surface area contributed by atoms with Crippen molar-refractivity contribution in [3.8, 4) is 55.6 Å². The molecule has 280 valence electrons. The second-order valence-corrected chi connectivity index (χ2v) is 17.3. The first-order valence-electron chi connectivity index (χ1n) is 20.4. The highest BCUT2D eigenvalue weighted by Crippen LogP contribution is 2.51. The SMILES string of the molecule is CC1(C)c2ccc(-c3cccc(N(c4ccc(-c5ccc6c(c5)sc5ccccc56)cc4)c4cccc(-c5ccccc5)c4)c3)cc2-c2ccc(-c3ccccc3)cc21. The number of hydrogen-bond acceptors (Lipinski definition) is 2. The smallest absolute Gasteiger partial charge is 0.0467 e. The molecule has 0 saturated carbocycles. The summed E-state index contributed by atoms with van der Waals surface area (Å²) in [5.74, 6) is 0. The van der Waals surface area contributed by atoms with Crippen LogP contribution in [-0.2, 0) is 5.41 Å². The van der Waals surface area contributed by atoms with E-state index in [1.54, 1.807) is 0 Å². The lowest BCUT2D eigenvalue weighted by atomic mass is 9.81. The summed E-state index contributed by atoms with van der Waals surface area (Å²) in [6, 6.07) is 78.1. The Labute approximate surface area is 350 Å². The third-order valence-electron chi connectivity index (χ3n) is 12.3. The minimum Gasteiger partial charge on any atom is -0.310 e. The average Bonchev–Trinajstić information content (AvgIpc) is 3.78. The first-order valence-corrected chi connectivity index (χ1v) is 21.2. The Hall–Kier alpha value is -7.00. The topological polar surface area (TPSA) is 3.24 Å². The van der Waals surface area contributed by atoms with Crippen molar-refractivity contribution in [3.05, 3.63) is 223 Å². The first-order chi connectivity index (χ1) is 29.0. The van der Waals surface area contributed by atoms with Crippen molar-refractivity contribution in [2.24, 2.45) is 0 Å². The summed E-state index contributed by atoms with van der Waals surface area (Å²) in [5.41, 5.74) is 18.4. The van der Waals surface area contributed by atoms with Gasteiger partial charge in [-0.25, -0.2) is 0 Å². The zero-order valence-corrected chi connectivity index (χ0v) is 33.9. The summed E-state index contributed by atoms with van der Waals surface area (Å²) < 4.78 is 2.65. The van der Waals surface area contributed by atoms with Crippen LogP contribution in [0.15, 0.2) is 212 Å². The maximum Gasteiger partial charge on any atom is 0.0467 e. The Morgan fingerprint density at radius 1 is 0.322 bits per heavy atom. The number of thiophene rings is 1. The average molecular weight is 772 g/mol. The lowest BCUT2D eigenvalue weighted by molar-refractivity contribution is 0.660. The van der Waals surface area contributed by atoms with Crippen LogP contribution >= 0.6 is 11.3 Å². The molecular formula is C57H41NS. The van der Waals surface area contributed by atoms with Crippen LogP contribution in [-0.4, -0.2) is 0 Å². The largest absolute Gasteiger partial charge is 0.310 e. The molecule has 1 aromatic heterocycles. The molecule has 0 unspecified atom stereocenters. The lowest BCUT2D eigenvalue weighted by Crippen LogP contribution is -2.15. The molecule has 59 heavy (non-hydrogen) atoms. The van der Waals surface area contributed by atoms with E-state index in [0.717, 1.165) is 17.1 Å². The number of nitrogens with zero attached hydrogens (tertiary/aromatic N) is 1. The molecule has 1 nitrogen and oxygen atoms in total. The van der Waals surface area contributed by atoms with E-state index in [1.165, 1.54) is 86.9 Å². The van der Waals surface area contributed by atoms with Crippen molar-refractivity contribution in [2.75, 3.05) is 4.90 Å². The molecule has 0 atom stereocenters. The summed E-state index contributed by atoms with van der Waals surface area (Å²) in [5, 5.41) is 2.65. The Kier molecular flexibility index (Phi) is 8.43. The zero-order chi connectivity index (χ0) is 39.5. The van der Waals surface area contributed by atoms with Crippen molar-refractivity contribution >= 4 is 48.6 Å². The van der Waals surface area contributed by atoms with Gasteiger partial charge in [0.1, 0.15) is 0 Å². The summed E-state index contributed by atoms with van der Waals surface area (Å²) in [7, 11) is 0. The van der Waals surface area contributed by atoms with Crippen LogP contribution in [0.5, 0.6) is 0 Å². The van der Waals surface area contributed by atoms with Crippen LogP contribution in [0.3, 0.4) is 0 Å². The van der Waals surface area contributed by atoms with Gasteiger partial charge in [-0.05, 0) is 127 Å². The van der Waals surface area contributed by atoms with Gasteiger partial charge in [-0.2, -0.15) is 0 Å². The number of fused-ring (bicyclic) bond motifs is 6. The Balaban J connectivity index is 0.987. The molecule has 0 aliphatic heterocycles. The van der Waals surface area contributed by atoms with E-state index in [-0.39, 0.29) is 5.41 Å². The van der Waals surface area contributed by atoms with Crippen LogP contribution in [0.4, 0.5) is 17.1 Å². The van der Waals surface area contributed by atoms with Crippen molar-refractivity contribution < 1.29 is 0 Å². The van der Waals surface area contributed by atoms with Gasteiger partial charge in [-0.1, -0.05) is 166 Å². The van der Waals surface area contributed by atoms with Crippen LogP contribution in [0.25, 0.3) is 75.8 Å². The van der Waals surface area contributed by atoms with Crippen LogP contribution in [0, 0.1) is 0 Å². The van der Waals surface area contributed by atoms with Crippen molar-refractivity contribution in [1.82, 2.24) is 0 Å². The molecule has 2 heteroatoms. The third kappa shape index (κ3) is 6.16. The van der Waals surface area contributed by atoms with Gasteiger partial charge in [0.25, 0.3) is 0 Å². The van der Waals surface area contributed by atoms with E-state index < -0.39 is 0 Å². The van der Waals surface area contributed by atoms with E-state index in [4.69, 9.17) is 0 Å². The van der Waals surface area contributed by atoms with Gasteiger partial charge in [0.05, 0.1) is 0 Å². The highest BCUT2D eigenvalue weighted by Gasteiger charge is 2.35. The molecule has 0 bridgehead atoms. The summed E-state index contributed by atoms with van der Waals surface area (Å²) in [6.45, 7) is 4.73. The fourth-order valence-corrected chi connectivity index (χ4v) is 10.3. The molecular weight excluding hydrogens is 731 g/mol. The molecule has 1 aliphatic rings. The Bertz CT molecular complexity index is 3170. The molecule has 0 amide bonds. The molecule has 10 aromatic rings. The lowest BCUT2D eigenvalue weighted by Gasteiger charge is -2.27. The van der Waals surface area contributed by atoms with E-state index in [9.17, 15) is 0 Å². The van der Waals surface area contributed by atoms with Crippen molar-refractivity contribution in [1.29, 1.82) is 0 Å². The first kappa shape index (κ1) is 35.2.